The predicted molar refractivity (Wildman–Crippen MR) is 72.7 cm³/mol. The summed E-state index contributed by atoms with van der Waals surface area (Å²) in [4.78, 5) is 12.3. The van der Waals surface area contributed by atoms with Crippen LogP contribution in [0.4, 0.5) is 5.69 Å². The summed E-state index contributed by atoms with van der Waals surface area (Å²) in [5.74, 6) is -0.247. The SMILES string of the molecule is CCn1ncc(N)c1C(=O)NC1CCCCCC1O. The van der Waals surface area contributed by atoms with Gasteiger partial charge in [0.2, 0.25) is 0 Å². The van der Waals surface area contributed by atoms with Crippen molar-refractivity contribution in [3.63, 3.8) is 0 Å². The first-order valence-corrected chi connectivity index (χ1v) is 6.93. The molecule has 4 N–H and O–H groups in total. The molecule has 0 aromatic carbocycles. The largest absolute Gasteiger partial charge is 0.396 e. The minimum Gasteiger partial charge on any atom is -0.396 e. The second kappa shape index (κ2) is 6.06. The fourth-order valence-electron chi connectivity index (χ4n) is 2.58. The van der Waals surface area contributed by atoms with Crippen molar-refractivity contribution in [2.75, 3.05) is 5.73 Å². The summed E-state index contributed by atoms with van der Waals surface area (Å²) in [5, 5.41) is 17.0. The minimum absolute atomic E-state index is 0.186. The Bertz CT molecular complexity index is 444. The molecule has 0 radical (unpaired) electrons. The van der Waals surface area contributed by atoms with Gasteiger partial charge in [0.25, 0.3) is 5.91 Å². The Hall–Kier alpha value is -1.56. The van der Waals surface area contributed by atoms with Crippen molar-refractivity contribution in [3.8, 4) is 0 Å². The molecule has 1 heterocycles. The molecule has 1 aromatic rings. The second-order valence-corrected chi connectivity index (χ2v) is 5.05. The molecular formula is C13H22N4O2. The standard InChI is InChI=1S/C13H22N4O2/c1-2-17-12(9(14)8-15-17)13(19)16-10-6-4-3-5-7-11(10)18/h8,10-11,18H,2-7,14H2,1H3,(H,16,19). The minimum atomic E-state index is -0.467. The number of nitrogen functional groups attached to an aromatic ring is 1. The van der Waals surface area contributed by atoms with E-state index < -0.39 is 6.10 Å². The lowest BCUT2D eigenvalue weighted by atomic mass is 10.1. The van der Waals surface area contributed by atoms with E-state index >= 15 is 0 Å². The lowest BCUT2D eigenvalue weighted by Gasteiger charge is -2.22. The van der Waals surface area contributed by atoms with Gasteiger partial charge in [0.05, 0.1) is 24.0 Å². The summed E-state index contributed by atoms with van der Waals surface area (Å²) in [7, 11) is 0. The molecule has 2 atom stereocenters. The summed E-state index contributed by atoms with van der Waals surface area (Å²) < 4.78 is 1.58. The zero-order chi connectivity index (χ0) is 13.8. The van der Waals surface area contributed by atoms with Gasteiger partial charge in [0.15, 0.2) is 0 Å². The predicted octanol–water partition coefficient (Wildman–Crippen LogP) is 0.909. The number of nitrogens with zero attached hydrogens (tertiary/aromatic N) is 2. The highest BCUT2D eigenvalue weighted by atomic mass is 16.3. The van der Waals surface area contributed by atoms with Crippen molar-refractivity contribution in [1.29, 1.82) is 0 Å². The Morgan fingerprint density at radius 3 is 3.00 bits per heavy atom. The number of carbonyl (C=O) groups is 1. The molecule has 2 rings (SSSR count). The molecule has 1 saturated carbocycles. The van der Waals surface area contributed by atoms with Crippen LogP contribution < -0.4 is 11.1 Å². The van der Waals surface area contributed by atoms with E-state index in [1.165, 1.54) is 6.20 Å². The first-order valence-electron chi connectivity index (χ1n) is 6.93. The van der Waals surface area contributed by atoms with Crippen LogP contribution in [0.5, 0.6) is 0 Å². The third-order valence-corrected chi connectivity index (χ3v) is 3.68. The summed E-state index contributed by atoms with van der Waals surface area (Å²) in [6, 6.07) is -0.186. The van der Waals surface area contributed by atoms with Crippen LogP contribution in [0.1, 0.15) is 49.5 Å². The fraction of sp³-hybridized carbons (Fsp3) is 0.692. The van der Waals surface area contributed by atoms with Crippen LogP contribution in [-0.4, -0.2) is 32.9 Å². The van der Waals surface area contributed by atoms with Gasteiger partial charge in [-0.05, 0) is 19.8 Å². The van der Waals surface area contributed by atoms with E-state index in [-0.39, 0.29) is 11.9 Å². The maximum atomic E-state index is 12.3. The first kappa shape index (κ1) is 13.9. The molecule has 1 aromatic heterocycles. The van der Waals surface area contributed by atoms with Gasteiger partial charge in [0.1, 0.15) is 5.69 Å². The van der Waals surface area contributed by atoms with Gasteiger partial charge in [-0.1, -0.05) is 19.3 Å². The molecule has 1 aliphatic rings. The highest BCUT2D eigenvalue weighted by molar-refractivity contribution is 5.97. The number of aliphatic hydroxyl groups excluding tert-OH is 1. The molecule has 2 unspecified atom stereocenters. The van der Waals surface area contributed by atoms with Gasteiger partial charge in [-0.3, -0.25) is 9.48 Å². The van der Waals surface area contributed by atoms with E-state index in [2.05, 4.69) is 10.4 Å². The van der Waals surface area contributed by atoms with E-state index in [4.69, 9.17) is 5.73 Å². The molecule has 0 bridgehead atoms. The molecule has 0 saturated heterocycles. The molecule has 0 spiro atoms. The molecule has 6 heteroatoms. The van der Waals surface area contributed by atoms with Crippen LogP contribution in [0, 0.1) is 0 Å². The van der Waals surface area contributed by atoms with Crippen LogP contribution in [-0.2, 0) is 6.54 Å². The van der Waals surface area contributed by atoms with E-state index in [1.54, 1.807) is 4.68 Å². The topological polar surface area (TPSA) is 93.2 Å². The average molecular weight is 266 g/mol. The number of hydrogen-bond donors (Lipinski definition) is 3. The maximum Gasteiger partial charge on any atom is 0.272 e. The third-order valence-electron chi connectivity index (χ3n) is 3.68. The number of rotatable bonds is 3. The third kappa shape index (κ3) is 3.07. The molecule has 106 valence electrons. The van der Waals surface area contributed by atoms with Crippen molar-refractivity contribution >= 4 is 11.6 Å². The number of anilines is 1. The van der Waals surface area contributed by atoms with Crippen molar-refractivity contribution < 1.29 is 9.90 Å². The maximum absolute atomic E-state index is 12.3. The van der Waals surface area contributed by atoms with Crippen molar-refractivity contribution in [2.24, 2.45) is 0 Å². The first-order chi connectivity index (χ1) is 9.13. The van der Waals surface area contributed by atoms with Gasteiger partial charge >= 0.3 is 0 Å². The normalized spacial score (nSPS) is 23.9. The molecule has 1 amide bonds. The van der Waals surface area contributed by atoms with Crippen molar-refractivity contribution in [3.05, 3.63) is 11.9 Å². The number of hydrogen-bond acceptors (Lipinski definition) is 4. The van der Waals surface area contributed by atoms with Crippen LogP contribution in [0.2, 0.25) is 0 Å². The van der Waals surface area contributed by atoms with E-state index in [1.807, 2.05) is 6.92 Å². The molecular weight excluding hydrogens is 244 g/mol. The number of amides is 1. The van der Waals surface area contributed by atoms with Gasteiger partial charge in [0, 0.05) is 6.54 Å². The van der Waals surface area contributed by atoms with Crippen molar-refractivity contribution in [1.82, 2.24) is 15.1 Å². The van der Waals surface area contributed by atoms with Crippen LogP contribution >= 0.6 is 0 Å². The monoisotopic (exact) mass is 266 g/mol. The summed E-state index contributed by atoms with van der Waals surface area (Å²) in [5.41, 5.74) is 6.55. The van der Waals surface area contributed by atoms with Gasteiger partial charge in [-0.15, -0.1) is 0 Å². The average Bonchev–Trinajstić information content (AvgIpc) is 2.66. The van der Waals surface area contributed by atoms with Crippen LogP contribution in [0.15, 0.2) is 6.20 Å². The zero-order valence-corrected chi connectivity index (χ0v) is 11.3. The zero-order valence-electron chi connectivity index (χ0n) is 11.3. The number of nitrogens with two attached hydrogens (primary N) is 1. The lowest BCUT2D eigenvalue weighted by molar-refractivity contribution is 0.0810. The highest BCUT2D eigenvalue weighted by Gasteiger charge is 2.25. The van der Waals surface area contributed by atoms with E-state index in [0.717, 1.165) is 32.1 Å². The molecule has 1 aliphatic carbocycles. The Kier molecular flexibility index (Phi) is 4.42. The summed E-state index contributed by atoms with van der Waals surface area (Å²) in [6.45, 7) is 2.50. The smallest absolute Gasteiger partial charge is 0.272 e. The number of aliphatic hydroxyl groups is 1. The fourth-order valence-corrected chi connectivity index (χ4v) is 2.58. The van der Waals surface area contributed by atoms with E-state index in [9.17, 15) is 9.90 Å². The molecule has 0 aliphatic heterocycles. The molecule has 6 nitrogen and oxygen atoms in total. The molecule has 1 fully saturated rings. The summed E-state index contributed by atoms with van der Waals surface area (Å²) >= 11 is 0. The number of nitrogens with one attached hydrogen (secondary N) is 1. The van der Waals surface area contributed by atoms with Crippen LogP contribution in [0.25, 0.3) is 0 Å². The summed E-state index contributed by atoms with van der Waals surface area (Å²) in [6.07, 6.45) is 5.74. The quantitative estimate of drug-likeness (QED) is 0.709. The van der Waals surface area contributed by atoms with Crippen LogP contribution in [0.3, 0.4) is 0 Å². The van der Waals surface area contributed by atoms with Gasteiger partial charge < -0.3 is 16.2 Å². The second-order valence-electron chi connectivity index (χ2n) is 5.05. The van der Waals surface area contributed by atoms with Gasteiger partial charge in [-0.25, -0.2) is 0 Å². The number of aryl methyl sites for hydroxylation is 1. The number of aromatic nitrogens is 2. The Labute approximate surface area is 113 Å². The highest BCUT2D eigenvalue weighted by Crippen LogP contribution is 2.19. The lowest BCUT2D eigenvalue weighted by Crippen LogP contribution is -2.43. The number of carbonyl (C=O) groups excluding carboxylic acids is 1. The van der Waals surface area contributed by atoms with E-state index in [0.29, 0.717) is 17.9 Å². The van der Waals surface area contributed by atoms with Crippen molar-refractivity contribution in [2.45, 2.75) is 57.7 Å². The Morgan fingerprint density at radius 1 is 1.53 bits per heavy atom. The molecule has 19 heavy (non-hydrogen) atoms. The Balaban J connectivity index is 2.09. The Morgan fingerprint density at radius 2 is 2.26 bits per heavy atom. The van der Waals surface area contributed by atoms with Gasteiger partial charge in [-0.2, -0.15) is 5.10 Å².